The van der Waals surface area contributed by atoms with Gasteiger partial charge in [-0.2, -0.15) is 0 Å². The van der Waals surface area contributed by atoms with Crippen molar-refractivity contribution >= 4 is 21.8 Å². The third-order valence-corrected chi connectivity index (χ3v) is 2.11. The summed E-state index contributed by atoms with van der Waals surface area (Å²) in [6.07, 6.45) is -0.118. The minimum absolute atomic E-state index is 0.0542. The smallest absolute Gasteiger partial charge is 0.221 e. The van der Waals surface area contributed by atoms with Crippen molar-refractivity contribution in [3.05, 3.63) is 0 Å². The van der Waals surface area contributed by atoms with Gasteiger partial charge in [-0.1, -0.05) is 15.9 Å². The van der Waals surface area contributed by atoms with Crippen LogP contribution in [0, 0.1) is 0 Å². The Morgan fingerprint density at radius 2 is 2.42 bits per heavy atom. The molecule has 0 aromatic heterocycles. The maximum Gasteiger partial charge on any atom is 0.221 e. The second-order valence-electron chi connectivity index (χ2n) is 2.72. The molecule has 5 heteroatoms. The number of rotatable bonds is 3. The van der Waals surface area contributed by atoms with E-state index >= 15 is 0 Å². The number of aliphatic hydroxyl groups excluding tert-OH is 1. The Balaban J connectivity index is 2.25. The van der Waals surface area contributed by atoms with Gasteiger partial charge in [0.1, 0.15) is 0 Å². The average molecular weight is 238 g/mol. The number of nitrogens with one attached hydrogen (secondary N) is 1. The summed E-state index contributed by atoms with van der Waals surface area (Å²) >= 11 is 3.16. The topological polar surface area (TPSA) is 58.6 Å². The Morgan fingerprint density at radius 1 is 1.67 bits per heavy atom. The van der Waals surface area contributed by atoms with Crippen LogP contribution in [0.5, 0.6) is 0 Å². The number of carbonyl (C=O) groups excluding carboxylic acids is 1. The highest BCUT2D eigenvalue weighted by molar-refractivity contribution is 9.09. The highest BCUT2D eigenvalue weighted by Crippen LogP contribution is 2.05. The highest BCUT2D eigenvalue weighted by Gasteiger charge is 2.26. The van der Waals surface area contributed by atoms with Crippen LogP contribution in [0.3, 0.4) is 0 Å². The van der Waals surface area contributed by atoms with Crippen molar-refractivity contribution in [1.82, 2.24) is 5.32 Å². The first-order valence-electron chi connectivity index (χ1n) is 3.85. The Labute approximate surface area is 79.4 Å². The molecule has 1 amide bonds. The maximum atomic E-state index is 11.0. The van der Waals surface area contributed by atoms with Crippen molar-refractivity contribution in [3.8, 4) is 0 Å². The summed E-state index contributed by atoms with van der Waals surface area (Å²) in [6, 6.07) is -0.225. The van der Waals surface area contributed by atoms with Crippen LogP contribution in [0.1, 0.15) is 6.42 Å². The van der Waals surface area contributed by atoms with Gasteiger partial charge in [-0.05, 0) is 0 Å². The number of halogens is 1. The van der Waals surface area contributed by atoms with E-state index in [4.69, 9.17) is 4.74 Å². The molecule has 1 aliphatic rings. The number of hydrogen-bond donors (Lipinski definition) is 2. The predicted octanol–water partition coefficient (Wildman–Crippen LogP) is -0.353. The molecule has 1 fully saturated rings. The van der Waals surface area contributed by atoms with Crippen LogP contribution in [0.4, 0.5) is 0 Å². The van der Waals surface area contributed by atoms with Crippen molar-refractivity contribution in [3.63, 3.8) is 0 Å². The summed E-state index contributed by atoms with van der Waals surface area (Å²) in [5.74, 6) is -0.0542. The molecule has 1 saturated heterocycles. The quantitative estimate of drug-likeness (QED) is 0.660. The Morgan fingerprint density at radius 3 is 2.92 bits per heavy atom. The molecule has 12 heavy (non-hydrogen) atoms. The molecule has 70 valence electrons. The molecular weight excluding hydrogens is 226 g/mol. The number of aliphatic hydroxyl groups is 1. The number of hydrogen-bond acceptors (Lipinski definition) is 3. The largest absolute Gasteiger partial charge is 0.388 e. The van der Waals surface area contributed by atoms with Gasteiger partial charge in [-0.15, -0.1) is 0 Å². The zero-order valence-corrected chi connectivity index (χ0v) is 8.21. The molecule has 0 aromatic rings. The van der Waals surface area contributed by atoms with Crippen LogP contribution in [0.25, 0.3) is 0 Å². The average Bonchev–Trinajstić information content (AvgIpc) is 2.37. The fourth-order valence-electron chi connectivity index (χ4n) is 1.05. The fourth-order valence-corrected chi connectivity index (χ4v) is 1.41. The molecule has 0 spiro atoms. The van der Waals surface area contributed by atoms with E-state index < -0.39 is 6.10 Å². The summed E-state index contributed by atoms with van der Waals surface area (Å²) in [4.78, 5) is 11.0. The van der Waals surface area contributed by atoms with E-state index in [0.29, 0.717) is 25.0 Å². The molecule has 0 radical (unpaired) electrons. The first-order valence-corrected chi connectivity index (χ1v) is 4.97. The van der Waals surface area contributed by atoms with Crippen molar-refractivity contribution < 1.29 is 14.6 Å². The zero-order valence-electron chi connectivity index (χ0n) is 6.62. The van der Waals surface area contributed by atoms with E-state index in [-0.39, 0.29) is 11.9 Å². The number of carbonyl (C=O) groups is 1. The van der Waals surface area contributed by atoms with Gasteiger partial charge in [0.25, 0.3) is 0 Å². The molecule has 1 rings (SSSR count). The van der Waals surface area contributed by atoms with E-state index in [1.54, 1.807) is 0 Å². The molecule has 0 unspecified atom stereocenters. The molecule has 0 aliphatic carbocycles. The second kappa shape index (κ2) is 4.79. The third kappa shape index (κ3) is 2.73. The summed E-state index contributed by atoms with van der Waals surface area (Å²) in [5.41, 5.74) is 0. The van der Waals surface area contributed by atoms with E-state index in [1.165, 1.54) is 0 Å². The molecule has 2 N–H and O–H groups in total. The Bertz CT molecular complexity index is 165. The van der Waals surface area contributed by atoms with Crippen LogP contribution in [-0.2, 0) is 9.53 Å². The van der Waals surface area contributed by atoms with Crippen molar-refractivity contribution in [2.45, 2.75) is 18.6 Å². The zero-order chi connectivity index (χ0) is 8.97. The summed E-state index contributed by atoms with van der Waals surface area (Å²) in [6.45, 7) is 0.731. The lowest BCUT2D eigenvalue weighted by Crippen LogP contribution is -2.42. The maximum absolute atomic E-state index is 11.0. The lowest BCUT2D eigenvalue weighted by Gasteiger charge is -2.13. The lowest BCUT2D eigenvalue weighted by molar-refractivity contribution is -0.121. The monoisotopic (exact) mass is 237 g/mol. The molecule has 0 saturated carbocycles. The van der Waals surface area contributed by atoms with E-state index in [0.717, 1.165) is 0 Å². The van der Waals surface area contributed by atoms with E-state index in [2.05, 4.69) is 21.2 Å². The second-order valence-corrected chi connectivity index (χ2v) is 3.51. The van der Waals surface area contributed by atoms with Crippen molar-refractivity contribution in [1.29, 1.82) is 0 Å². The van der Waals surface area contributed by atoms with Gasteiger partial charge in [-0.3, -0.25) is 4.79 Å². The summed E-state index contributed by atoms with van der Waals surface area (Å²) in [5, 5.41) is 12.6. The molecule has 0 bridgehead atoms. The Hall–Kier alpha value is -0.130. The minimum atomic E-state index is -0.552. The molecule has 0 aromatic carbocycles. The molecule has 1 aliphatic heterocycles. The van der Waals surface area contributed by atoms with Crippen LogP contribution in [0.15, 0.2) is 0 Å². The Kier molecular flexibility index (Phi) is 3.97. The van der Waals surface area contributed by atoms with Crippen molar-refractivity contribution in [2.75, 3.05) is 18.5 Å². The van der Waals surface area contributed by atoms with Gasteiger partial charge in [0, 0.05) is 11.8 Å². The van der Waals surface area contributed by atoms with Crippen LogP contribution >= 0.6 is 15.9 Å². The van der Waals surface area contributed by atoms with Crippen molar-refractivity contribution in [2.24, 2.45) is 0 Å². The van der Waals surface area contributed by atoms with Gasteiger partial charge in [0.05, 0.1) is 25.4 Å². The molecule has 1 heterocycles. The van der Waals surface area contributed by atoms with Gasteiger partial charge < -0.3 is 15.2 Å². The first-order chi connectivity index (χ1) is 5.74. The fraction of sp³-hybridized carbons (Fsp3) is 0.857. The number of alkyl halides is 1. The van der Waals surface area contributed by atoms with Gasteiger partial charge in [0.15, 0.2) is 0 Å². The SMILES string of the molecule is O=C(CCBr)N[C@@H]1COC[C@H]1O. The van der Waals surface area contributed by atoms with E-state index in [9.17, 15) is 9.90 Å². The molecule has 4 nitrogen and oxygen atoms in total. The predicted molar refractivity (Wildman–Crippen MR) is 47.2 cm³/mol. The highest BCUT2D eigenvalue weighted by atomic mass is 79.9. The summed E-state index contributed by atoms with van der Waals surface area (Å²) in [7, 11) is 0. The third-order valence-electron chi connectivity index (χ3n) is 1.72. The lowest BCUT2D eigenvalue weighted by atomic mass is 10.2. The van der Waals surface area contributed by atoms with Gasteiger partial charge in [-0.25, -0.2) is 0 Å². The molecular formula is C7H12BrNO3. The normalized spacial score (nSPS) is 28.8. The van der Waals surface area contributed by atoms with Gasteiger partial charge in [0.2, 0.25) is 5.91 Å². The van der Waals surface area contributed by atoms with Gasteiger partial charge >= 0.3 is 0 Å². The van der Waals surface area contributed by atoms with Crippen LogP contribution in [-0.4, -0.2) is 41.7 Å². The summed E-state index contributed by atoms with van der Waals surface area (Å²) < 4.78 is 4.97. The minimum Gasteiger partial charge on any atom is -0.388 e. The van der Waals surface area contributed by atoms with Crippen LogP contribution in [0.2, 0.25) is 0 Å². The first kappa shape index (κ1) is 9.95. The van der Waals surface area contributed by atoms with Crippen LogP contribution < -0.4 is 5.32 Å². The number of amides is 1. The number of ether oxygens (including phenoxy) is 1. The standard InChI is InChI=1S/C7H12BrNO3/c8-2-1-7(11)9-5-3-12-4-6(5)10/h5-6,10H,1-4H2,(H,9,11)/t5-,6-/m1/s1. The van der Waals surface area contributed by atoms with E-state index in [1.807, 2.05) is 0 Å². The molecule has 2 atom stereocenters.